The zero-order valence-electron chi connectivity index (χ0n) is 20.7. The van der Waals surface area contributed by atoms with Crippen molar-refractivity contribution in [2.45, 2.75) is 39.0 Å². The monoisotopic (exact) mass is 483 g/mol. The molecule has 0 aliphatic heterocycles. The topological polar surface area (TPSA) is 104 Å². The van der Waals surface area contributed by atoms with E-state index >= 15 is 0 Å². The molecule has 0 saturated carbocycles. The number of methoxy groups -OCH3 is 2. The number of imidazole rings is 1. The second kappa shape index (κ2) is 10.8. The molecule has 5 aromatic rings. The Morgan fingerprint density at radius 2 is 1.78 bits per heavy atom. The highest BCUT2D eigenvalue weighted by Crippen LogP contribution is 2.31. The first kappa shape index (κ1) is 23.8. The molecule has 0 atom stereocenters. The van der Waals surface area contributed by atoms with Crippen molar-refractivity contribution in [3.63, 3.8) is 0 Å². The van der Waals surface area contributed by atoms with Crippen LogP contribution in [0, 0.1) is 0 Å². The fourth-order valence-electron chi connectivity index (χ4n) is 4.44. The number of fused-ring (bicyclic) bond motifs is 1. The minimum atomic E-state index is -0.535. The summed E-state index contributed by atoms with van der Waals surface area (Å²) in [5, 5.41) is 14.7. The Morgan fingerprint density at radius 1 is 0.944 bits per heavy atom. The van der Waals surface area contributed by atoms with E-state index in [2.05, 4.69) is 62.4 Å². The molecule has 9 nitrogen and oxygen atoms in total. The molecule has 0 unspecified atom stereocenters. The maximum atomic E-state index is 5.44. The van der Waals surface area contributed by atoms with Crippen molar-refractivity contribution in [3.05, 3.63) is 77.7 Å². The molecular weight excluding hydrogens is 454 g/mol. The lowest BCUT2D eigenvalue weighted by Gasteiger charge is -2.14. The van der Waals surface area contributed by atoms with Crippen molar-refractivity contribution in [2.75, 3.05) is 14.2 Å². The summed E-state index contributed by atoms with van der Waals surface area (Å²) in [4.78, 5) is 9.81. The van der Waals surface area contributed by atoms with Gasteiger partial charge in [0.25, 0.3) is 0 Å². The first-order chi connectivity index (χ1) is 17.7. The Hall–Kier alpha value is -3.95. The Morgan fingerprint density at radius 3 is 2.50 bits per heavy atom. The Kier molecular flexibility index (Phi) is 7.11. The molecule has 3 aromatic heterocycles. The number of rotatable bonds is 10. The fourth-order valence-corrected chi connectivity index (χ4v) is 4.44. The van der Waals surface area contributed by atoms with Gasteiger partial charge in [0.1, 0.15) is 11.3 Å². The summed E-state index contributed by atoms with van der Waals surface area (Å²) < 4.78 is 13.1. The van der Waals surface area contributed by atoms with Gasteiger partial charge in [-0.1, -0.05) is 55.8 Å². The normalized spacial score (nSPS) is 11.6. The molecule has 36 heavy (non-hydrogen) atoms. The predicted molar refractivity (Wildman–Crippen MR) is 137 cm³/mol. The third-order valence-corrected chi connectivity index (χ3v) is 6.23. The Bertz CT molecular complexity index is 1430. The van der Waals surface area contributed by atoms with Gasteiger partial charge in [-0.05, 0) is 51.7 Å². The van der Waals surface area contributed by atoms with Gasteiger partial charge in [0.05, 0.1) is 12.2 Å². The van der Waals surface area contributed by atoms with Crippen LogP contribution in [0.1, 0.15) is 43.1 Å². The molecule has 1 N–H and O–H groups in total. The largest absolute Gasteiger partial charge is 0.350 e. The smallest absolute Gasteiger partial charge is 0.200 e. The molecule has 0 aliphatic carbocycles. The third kappa shape index (κ3) is 4.75. The van der Waals surface area contributed by atoms with E-state index in [0.717, 1.165) is 58.5 Å². The summed E-state index contributed by atoms with van der Waals surface area (Å²) in [6.45, 7) is 2.80. The van der Waals surface area contributed by atoms with E-state index in [0.29, 0.717) is 18.1 Å². The number of tetrazole rings is 1. The highest BCUT2D eigenvalue weighted by Gasteiger charge is 2.18. The number of aryl methyl sites for hydroxylation is 1. The molecule has 0 fully saturated rings. The third-order valence-electron chi connectivity index (χ3n) is 6.23. The van der Waals surface area contributed by atoms with Gasteiger partial charge >= 0.3 is 0 Å². The van der Waals surface area contributed by atoms with Crippen LogP contribution in [0.4, 0.5) is 0 Å². The van der Waals surface area contributed by atoms with Crippen LogP contribution >= 0.6 is 0 Å². The molecule has 0 aliphatic rings. The highest BCUT2D eigenvalue weighted by molar-refractivity contribution is 5.81. The molecule has 3 heterocycles. The lowest BCUT2D eigenvalue weighted by molar-refractivity contribution is -0.108. The number of hydrogen-bond acceptors (Lipinski definition) is 7. The van der Waals surface area contributed by atoms with Gasteiger partial charge in [-0.2, -0.15) is 0 Å². The second-order valence-electron chi connectivity index (χ2n) is 8.60. The van der Waals surface area contributed by atoms with E-state index in [1.165, 1.54) is 0 Å². The number of nitrogens with one attached hydrogen (secondary N) is 1. The van der Waals surface area contributed by atoms with Crippen LogP contribution in [-0.2, 0) is 22.4 Å². The molecule has 0 bridgehead atoms. The van der Waals surface area contributed by atoms with Gasteiger partial charge in [0.2, 0.25) is 6.29 Å². The zero-order valence-corrected chi connectivity index (χ0v) is 20.7. The average molecular weight is 484 g/mol. The zero-order chi connectivity index (χ0) is 24.9. The minimum Gasteiger partial charge on any atom is -0.350 e. The summed E-state index contributed by atoms with van der Waals surface area (Å²) in [6, 6.07) is 20.5. The second-order valence-corrected chi connectivity index (χ2v) is 8.60. The molecule has 5 rings (SSSR count). The minimum absolute atomic E-state index is 0.535. The average Bonchev–Trinajstić information content (AvgIpc) is 3.57. The van der Waals surface area contributed by atoms with Gasteiger partial charge in [-0.25, -0.2) is 15.1 Å². The summed E-state index contributed by atoms with van der Waals surface area (Å²) in [7, 11) is 3.22. The summed E-state index contributed by atoms with van der Waals surface area (Å²) in [5.41, 5.74) is 6.58. The van der Waals surface area contributed by atoms with Crippen LogP contribution in [0.15, 0.2) is 60.7 Å². The molecule has 9 heteroatoms. The van der Waals surface area contributed by atoms with Crippen molar-refractivity contribution >= 4 is 11.2 Å². The van der Waals surface area contributed by atoms with E-state index in [1.54, 1.807) is 14.2 Å². The fraction of sp³-hybridized carbons (Fsp3) is 0.296. The number of H-pyrrole nitrogens is 1. The Balaban J connectivity index is 1.60. The van der Waals surface area contributed by atoms with Crippen LogP contribution in [0.3, 0.4) is 0 Å². The van der Waals surface area contributed by atoms with Gasteiger partial charge in [-0.15, -0.1) is 5.10 Å². The maximum Gasteiger partial charge on any atom is 0.200 e. The quantitative estimate of drug-likeness (QED) is 0.280. The van der Waals surface area contributed by atoms with E-state index < -0.39 is 6.29 Å². The molecule has 184 valence electrons. The number of pyridine rings is 1. The van der Waals surface area contributed by atoms with Crippen LogP contribution in [-0.4, -0.2) is 49.4 Å². The van der Waals surface area contributed by atoms with Crippen LogP contribution in [0.25, 0.3) is 33.7 Å². The number of aromatic nitrogens is 7. The lowest BCUT2D eigenvalue weighted by Crippen LogP contribution is -2.09. The van der Waals surface area contributed by atoms with Crippen LogP contribution < -0.4 is 0 Å². The number of nitrogens with zero attached hydrogens (tertiary/aromatic N) is 6. The van der Waals surface area contributed by atoms with Gasteiger partial charge < -0.3 is 14.0 Å². The molecular formula is C27H29N7O2. The molecule has 0 saturated heterocycles. The van der Waals surface area contributed by atoms with E-state index in [1.807, 2.05) is 30.3 Å². The SMILES string of the molecule is CCCCc1nc2ccc(C(OC)OC)nc2n1Cc1ccc(-c2ccccc2)c(-c2nnn[nH]2)c1. The van der Waals surface area contributed by atoms with Gasteiger partial charge in [0.15, 0.2) is 11.5 Å². The molecule has 0 radical (unpaired) electrons. The summed E-state index contributed by atoms with van der Waals surface area (Å²) in [6.07, 6.45) is 2.48. The highest BCUT2D eigenvalue weighted by atomic mass is 16.7. The molecule has 0 spiro atoms. The van der Waals surface area contributed by atoms with E-state index in [-0.39, 0.29) is 0 Å². The van der Waals surface area contributed by atoms with Gasteiger partial charge in [0, 0.05) is 26.2 Å². The van der Waals surface area contributed by atoms with Crippen LogP contribution in [0.5, 0.6) is 0 Å². The van der Waals surface area contributed by atoms with Crippen molar-refractivity contribution in [1.82, 2.24) is 35.2 Å². The maximum absolute atomic E-state index is 5.44. The van der Waals surface area contributed by atoms with E-state index in [9.17, 15) is 0 Å². The Labute approximate surface area is 209 Å². The van der Waals surface area contributed by atoms with Crippen molar-refractivity contribution in [1.29, 1.82) is 0 Å². The molecule has 2 aromatic carbocycles. The first-order valence-electron chi connectivity index (χ1n) is 12.1. The van der Waals surface area contributed by atoms with Crippen molar-refractivity contribution in [2.24, 2.45) is 0 Å². The number of unbranched alkanes of at least 4 members (excludes halogenated alkanes) is 1. The summed E-state index contributed by atoms with van der Waals surface area (Å²) >= 11 is 0. The number of aromatic amines is 1. The summed E-state index contributed by atoms with van der Waals surface area (Å²) in [5.74, 6) is 1.64. The number of hydrogen-bond donors (Lipinski definition) is 1. The van der Waals surface area contributed by atoms with Crippen molar-refractivity contribution < 1.29 is 9.47 Å². The number of ether oxygens (including phenoxy) is 2. The van der Waals surface area contributed by atoms with E-state index in [4.69, 9.17) is 19.4 Å². The first-order valence-corrected chi connectivity index (χ1v) is 12.1. The van der Waals surface area contributed by atoms with Gasteiger partial charge in [-0.3, -0.25) is 0 Å². The van der Waals surface area contributed by atoms with Crippen molar-refractivity contribution in [3.8, 4) is 22.5 Å². The molecule has 0 amide bonds. The predicted octanol–water partition coefficient (Wildman–Crippen LogP) is 4.96. The lowest BCUT2D eigenvalue weighted by atomic mass is 9.97. The van der Waals surface area contributed by atoms with Crippen LogP contribution in [0.2, 0.25) is 0 Å². The standard InChI is InChI=1S/C27H29N7O2/c1-4-5-11-24-28-22-14-15-23(27(35-2)36-3)29-26(22)34(24)17-18-12-13-20(19-9-7-6-8-10-19)21(16-18)25-30-32-33-31-25/h6-10,12-16,27H,4-5,11,17H2,1-3H3,(H,30,31,32,33). The number of benzene rings is 2.